The second-order valence-electron chi connectivity index (χ2n) is 6.71. The number of rotatable bonds is 8. The van der Waals surface area contributed by atoms with Gasteiger partial charge in [0.1, 0.15) is 0 Å². The second kappa shape index (κ2) is 11.0. The SMILES string of the molecule is O=C(O)c1ccc(C(=O)C(=Cc2ccc(Br)c([N+](=O)[O-])c2)SCc2ccc(Cl)cc2Cl)cc1. The van der Waals surface area contributed by atoms with Crippen molar-refractivity contribution in [3.63, 3.8) is 0 Å². The van der Waals surface area contributed by atoms with Crippen LogP contribution >= 0.6 is 50.9 Å². The van der Waals surface area contributed by atoms with Crippen molar-refractivity contribution < 1.29 is 19.6 Å². The number of nitro benzene ring substituents is 1. The third-order valence-electron chi connectivity index (χ3n) is 4.48. The Morgan fingerprint density at radius 1 is 1.03 bits per heavy atom. The molecule has 0 heterocycles. The lowest BCUT2D eigenvalue weighted by Gasteiger charge is -2.09. The van der Waals surface area contributed by atoms with Gasteiger partial charge in [0.15, 0.2) is 5.78 Å². The van der Waals surface area contributed by atoms with Crippen molar-refractivity contribution in [3.8, 4) is 0 Å². The molecule has 0 aliphatic heterocycles. The van der Waals surface area contributed by atoms with Crippen LogP contribution in [0.5, 0.6) is 0 Å². The Morgan fingerprint density at radius 3 is 2.30 bits per heavy atom. The second-order valence-corrected chi connectivity index (χ2v) is 9.43. The molecule has 0 aliphatic rings. The maximum absolute atomic E-state index is 13.2. The van der Waals surface area contributed by atoms with Gasteiger partial charge < -0.3 is 5.11 Å². The topological polar surface area (TPSA) is 97.5 Å². The molecular formula is C23H14BrCl2NO5S. The van der Waals surface area contributed by atoms with Gasteiger partial charge in [-0.05, 0) is 63.5 Å². The van der Waals surface area contributed by atoms with Crippen molar-refractivity contribution >= 4 is 74.4 Å². The number of thioether (sulfide) groups is 1. The van der Waals surface area contributed by atoms with Crippen LogP contribution in [0.2, 0.25) is 10.0 Å². The van der Waals surface area contributed by atoms with E-state index in [2.05, 4.69) is 15.9 Å². The summed E-state index contributed by atoms with van der Waals surface area (Å²) in [6.07, 6.45) is 1.56. The Labute approximate surface area is 211 Å². The number of hydrogen-bond donors (Lipinski definition) is 1. The van der Waals surface area contributed by atoms with Gasteiger partial charge in [0.25, 0.3) is 5.69 Å². The zero-order valence-electron chi connectivity index (χ0n) is 16.6. The van der Waals surface area contributed by atoms with Gasteiger partial charge in [0, 0.05) is 27.4 Å². The first-order valence-corrected chi connectivity index (χ1v) is 11.8. The van der Waals surface area contributed by atoms with E-state index >= 15 is 0 Å². The van der Waals surface area contributed by atoms with Crippen LogP contribution in [-0.4, -0.2) is 21.8 Å². The monoisotopic (exact) mass is 565 g/mol. The molecule has 0 aliphatic carbocycles. The Hall–Kier alpha value is -2.65. The van der Waals surface area contributed by atoms with Crippen LogP contribution in [0.1, 0.15) is 31.8 Å². The quantitative estimate of drug-likeness (QED) is 0.131. The van der Waals surface area contributed by atoms with Gasteiger partial charge in [-0.15, -0.1) is 11.8 Å². The van der Waals surface area contributed by atoms with Crippen LogP contribution in [0.25, 0.3) is 6.08 Å². The molecule has 3 aromatic rings. The average Bonchev–Trinajstić information content (AvgIpc) is 2.78. The minimum atomic E-state index is -1.10. The molecule has 0 spiro atoms. The molecule has 0 radical (unpaired) electrons. The summed E-state index contributed by atoms with van der Waals surface area (Å²) < 4.78 is 0.322. The van der Waals surface area contributed by atoms with E-state index in [4.69, 9.17) is 28.3 Å². The number of carboxylic acid groups (broad SMARTS) is 1. The minimum absolute atomic E-state index is 0.0567. The summed E-state index contributed by atoms with van der Waals surface area (Å²) in [5, 5.41) is 21.3. The summed E-state index contributed by atoms with van der Waals surface area (Å²) in [6, 6.07) is 15.1. The van der Waals surface area contributed by atoms with Crippen molar-refractivity contribution in [1.82, 2.24) is 0 Å². The Balaban J connectivity index is 1.98. The van der Waals surface area contributed by atoms with Crippen molar-refractivity contribution in [2.24, 2.45) is 0 Å². The summed E-state index contributed by atoms with van der Waals surface area (Å²) in [6.45, 7) is 0. The van der Waals surface area contributed by atoms with Gasteiger partial charge in [-0.2, -0.15) is 0 Å². The fourth-order valence-corrected chi connectivity index (χ4v) is 4.76. The highest BCUT2D eigenvalue weighted by Gasteiger charge is 2.17. The summed E-state index contributed by atoms with van der Waals surface area (Å²) in [5.41, 5.74) is 1.43. The number of allylic oxidation sites excluding steroid dienone is 1. The van der Waals surface area contributed by atoms with E-state index in [1.165, 1.54) is 48.2 Å². The lowest BCUT2D eigenvalue weighted by Crippen LogP contribution is -2.03. The molecule has 33 heavy (non-hydrogen) atoms. The number of aromatic carboxylic acids is 1. The van der Waals surface area contributed by atoms with Gasteiger partial charge in [0.2, 0.25) is 0 Å². The van der Waals surface area contributed by atoms with E-state index in [-0.39, 0.29) is 22.6 Å². The minimum Gasteiger partial charge on any atom is -0.478 e. The highest BCUT2D eigenvalue weighted by Crippen LogP contribution is 2.33. The molecule has 3 aromatic carbocycles. The summed E-state index contributed by atoms with van der Waals surface area (Å²) in [4.78, 5) is 35.4. The molecule has 168 valence electrons. The normalized spacial score (nSPS) is 11.3. The molecule has 0 fully saturated rings. The first-order valence-electron chi connectivity index (χ1n) is 9.26. The highest BCUT2D eigenvalue weighted by molar-refractivity contribution is 9.10. The molecule has 0 saturated heterocycles. The number of carbonyl (C=O) groups excluding carboxylic acids is 1. The first kappa shape index (κ1) is 25.0. The number of ketones is 1. The van der Waals surface area contributed by atoms with Crippen molar-refractivity contribution in [2.75, 3.05) is 0 Å². The van der Waals surface area contributed by atoms with Crippen molar-refractivity contribution in [3.05, 3.63) is 112 Å². The summed E-state index contributed by atoms with van der Waals surface area (Å²) in [7, 11) is 0. The number of carboxylic acids is 1. The molecule has 0 bridgehead atoms. The third-order valence-corrected chi connectivity index (χ3v) is 6.81. The van der Waals surface area contributed by atoms with Gasteiger partial charge in [-0.1, -0.05) is 47.5 Å². The predicted octanol–water partition coefficient (Wildman–Crippen LogP) is 7.52. The van der Waals surface area contributed by atoms with Crippen LogP contribution in [-0.2, 0) is 5.75 Å². The van der Waals surface area contributed by atoms with E-state index in [0.717, 1.165) is 5.56 Å². The summed E-state index contributed by atoms with van der Waals surface area (Å²) >= 11 is 16.6. The standard InChI is InChI=1S/C23H14BrCl2NO5S/c24-18-8-1-13(9-20(18)27(31)32)10-21(33-12-16-6-7-17(25)11-19(16)26)22(28)14-2-4-15(5-3-14)23(29)30/h1-11H,12H2,(H,29,30). The molecule has 0 amide bonds. The van der Waals surface area contributed by atoms with Crippen LogP contribution in [0, 0.1) is 10.1 Å². The van der Waals surface area contributed by atoms with E-state index in [0.29, 0.717) is 30.7 Å². The van der Waals surface area contributed by atoms with E-state index in [1.807, 2.05) is 0 Å². The Morgan fingerprint density at radius 2 is 1.70 bits per heavy atom. The smallest absolute Gasteiger partial charge is 0.335 e. The Kier molecular flexibility index (Phi) is 8.31. The molecule has 6 nitrogen and oxygen atoms in total. The van der Waals surface area contributed by atoms with Crippen LogP contribution in [0.3, 0.4) is 0 Å². The van der Waals surface area contributed by atoms with E-state index < -0.39 is 10.9 Å². The molecule has 10 heteroatoms. The molecular weight excluding hydrogens is 553 g/mol. The number of nitro groups is 1. The van der Waals surface area contributed by atoms with E-state index in [9.17, 15) is 19.7 Å². The lowest BCUT2D eigenvalue weighted by molar-refractivity contribution is -0.385. The average molecular weight is 567 g/mol. The van der Waals surface area contributed by atoms with Gasteiger partial charge in [0.05, 0.1) is 19.9 Å². The van der Waals surface area contributed by atoms with Crippen molar-refractivity contribution in [1.29, 1.82) is 0 Å². The van der Waals surface area contributed by atoms with E-state index in [1.54, 1.807) is 30.3 Å². The van der Waals surface area contributed by atoms with Crippen LogP contribution in [0.4, 0.5) is 5.69 Å². The van der Waals surface area contributed by atoms with Gasteiger partial charge >= 0.3 is 5.97 Å². The number of nitrogens with zero attached hydrogens (tertiary/aromatic N) is 1. The molecule has 0 unspecified atom stereocenters. The molecule has 0 aromatic heterocycles. The number of halogens is 3. The van der Waals surface area contributed by atoms with Crippen molar-refractivity contribution in [2.45, 2.75) is 5.75 Å². The van der Waals surface area contributed by atoms with Crippen LogP contribution < -0.4 is 0 Å². The molecule has 0 saturated carbocycles. The number of benzene rings is 3. The molecule has 0 atom stereocenters. The zero-order valence-corrected chi connectivity index (χ0v) is 20.5. The fraction of sp³-hybridized carbons (Fsp3) is 0.0435. The predicted molar refractivity (Wildman–Crippen MR) is 134 cm³/mol. The number of hydrogen-bond acceptors (Lipinski definition) is 5. The maximum atomic E-state index is 13.2. The van der Waals surface area contributed by atoms with Gasteiger partial charge in [-0.3, -0.25) is 14.9 Å². The number of Topliss-reactive ketones (excluding diaryl/α,β-unsaturated/α-hetero) is 1. The molecule has 1 N–H and O–H groups in total. The summed E-state index contributed by atoms with van der Waals surface area (Å²) in [5.74, 6) is -1.11. The van der Waals surface area contributed by atoms with Gasteiger partial charge in [-0.25, -0.2) is 4.79 Å². The molecule has 3 rings (SSSR count). The maximum Gasteiger partial charge on any atom is 0.335 e. The first-order chi connectivity index (χ1) is 15.7. The zero-order chi connectivity index (χ0) is 24.1. The van der Waals surface area contributed by atoms with Crippen LogP contribution in [0.15, 0.2) is 70.0 Å². The lowest BCUT2D eigenvalue weighted by atomic mass is 10.1. The largest absolute Gasteiger partial charge is 0.478 e. The highest BCUT2D eigenvalue weighted by atomic mass is 79.9. The fourth-order valence-electron chi connectivity index (χ4n) is 2.78. The third kappa shape index (κ3) is 6.45. The Bertz CT molecular complexity index is 1280. The number of carbonyl (C=O) groups is 2.